The fraction of sp³-hybridized carbons (Fsp3) is 0.667. The van der Waals surface area contributed by atoms with E-state index in [-0.39, 0.29) is 11.6 Å². The third kappa shape index (κ3) is 5.24. The van der Waals surface area contributed by atoms with E-state index < -0.39 is 0 Å². The number of rotatable bonds is 5. The van der Waals surface area contributed by atoms with Crippen molar-refractivity contribution < 1.29 is 4.74 Å². The molecule has 1 N–H and O–H groups in total. The predicted molar refractivity (Wildman–Crippen MR) is 90.3 cm³/mol. The number of ether oxygens (including phenoxy) is 1. The molecule has 0 spiro atoms. The van der Waals surface area contributed by atoms with Crippen molar-refractivity contribution in [3.05, 3.63) is 24.3 Å². The first-order chi connectivity index (χ1) is 9.83. The van der Waals surface area contributed by atoms with Crippen molar-refractivity contribution in [1.82, 2.24) is 5.32 Å². The molecule has 0 aromatic heterocycles. The van der Waals surface area contributed by atoms with Crippen LogP contribution in [0.2, 0.25) is 0 Å². The molecule has 1 aliphatic heterocycles. The summed E-state index contributed by atoms with van der Waals surface area (Å²) in [5, 5.41) is 3.62. The Balaban J connectivity index is 1.86. The highest BCUT2D eigenvalue weighted by Crippen LogP contribution is 2.26. The van der Waals surface area contributed by atoms with Crippen LogP contribution in [0.1, 0.15) is 41.0 Å². The first-order valence-electron chi connectivity index (χ1n) is 8.10. The Morgan fingerprint density at radius 1 is 1.24 bits per heavy atom. The van der Waals surface area contributed by atoms with Crippen molar-refractivity contribution in [3.8, 4) is 5.75 Å². The van der Waals surface area contributed by atoms with Gasteiger partial charge in [0.1, 0.15) is 5.75 Å². The van der Waals surface area contributed by atoms with Gasteiger partial charge >= 0.3 is 0 Å². The van der Waals surface area contributed by atoms with Crippen LogP contribution in [0, 0.1) is 5.92 Å². The van der Waals surface area contributed by atoms with E-state index in [2.05, 4.69) is 69.1 Å². The number of nitrogens with one attached hydrogen (secondary N) is 1. The molecule has 0 radical (unpaired) electrons. The van der Waals surface area contributed by atoms with Crippen molar-refractivity contribution in [2.75, 3.05) is 24.5 Å². The van der Waals surface area contributed by atoms with Gasteiger partial charge in [0.2, 0.25) is 0 Å². The lowest BCUT2D eigenvalue weighted by atomic mass is 10.1. The van der Waals surface area contributed by atoms with Crippen LogP contribution < -0.4 is 15.0 Å². The van der Waals surface area contributed by atoms with E-state index in [4.69, 9.17) is 4.74 Å². The van der Waals surface area contributed by atoms with Crippen LogP contribution in [0.4, 0.5) is 5.69 Å². The maximum absolute atomic E-state index is 5.70. The molecule has 3 heteroatoms. The maximum Gasteiger partial charge on any atom is 0.119 e. The molecule has 1 fully saturated rings. The van der Waals surface area contributed by atoms with Gasteiger partial charge in [-0.05, 0) is 71.2 Å². The van der Waals surface area contributed by atoms with Gasteiger partial charge in [-0.15, -0.1) is 0 Å². The molecule has 3 nitrogen and oxygen atoms in total. The third-order valence-electron chi connectivity index (χ3n) is 3.78. The normalized spacial score (nSPS) is 19.3. The van der Waals surface area contributed by atoms with E-state index in [1.807, 2.05) is 0 Å². The zero-order chi connectivity index (χ0) is 15.5. The molecule has 0 amide bonds. The van der Waals surface area contributed by atoms with Crippen molar-refractivity contribution >= 4 is 5.69 Å². The van der Waals surface area contributed by atoms with Gasteiger partial charge in [0.05, 0.1) is 6.10 Å². The second kappa shape index (κ2) is 6.69. The summed E-state index contributed by atoms with van der Waals surface area (Å²) in [5.74, 6) is 1.70. The average Bonchev–Trinajstić information content (AvgIpc) is 2.84. The van der Waals surface area contributed by atoms with Crippen molar-refractivity contribution in [2.45, 2.75) is 52.7 Å². The molecule has 2 rings (SSSR count). The van der Waals surface area contributed by atoms with Gasteiger partial charge in [-0.2, -0.15) is 0 Å². The summed E-state index contributed by atoms with van der Waals surface area (Å²) in [6, 6.07) is 8.51. The highest BCUT2D eigenvalue weighted by molar-refractivity contribution is 5.49. The third-order valence-corrected chi connectivity index (χ3v) is 3.78. The van der Waals surface area contributed by atoms with E-state index in [9.17, 15) is 0 Å². The lowest BCUT2D eigenvalue weighted by Gasteiger charge is -2.24. The van der Waals surface area contributed by atoms with Gasteiger partial charge in [0.15, 0.2) is 0 Å². The molecule has 1 heterocycles. The molecule has 0 aliphatic carbocycles. The summed E-state index contributed by atoms with van der Waals surface area (Å²) in [4.78, 5) is 2.48. The molecule has 1 aliphatic rings. The van der Waals surface area contributed by atoms with Crippen molar-refractivity contribution in [1.29, 1.82) is 0 Å². The Kier molecular flexibility index (Phi) is 5.15. The summed E-state index contributed by atoms with van der Waals surface area (Å²) in [6.07, 6.45) is 1.50. The molecule has 21 heavy (non-hydrogen) atoms. The largest absolute Gasteiger partial charge is 0.491 e. The topological polar surface area (TPSA) is 24.5 Å². The Morgan fingerprint density at radius 3 is 2.48 bits per heavy atom. The molecule has 0 bridgehead atoms. The second-order valence-corrected chi connectivity index (χ2v) is 7.39. The SMILES string of the molecule is CC(C)Oc1ccc(N2CCC(CNC(C)(C)C)C2)cc1. The summed E-state index contributed by atoms with van der Waals surface area (Å²) < 4.78 is 5.70. The molecule has 1 unspecified atom stereocenters. The molecule has 1 atom stereocenters. The molecule has 1 aromatic carbocycles. The monoisotopic (exact) mass is 290 g/mol. The molecule has 1 saturated heterocycles. The van der Waals surface area contributed by atoms with Crippen LogP contribution in [0.5, 0.6) is 5.75 Å². The maximum atomic E-state index is 5.70. The highest BCUT2D eigenvalue weighted by atomic mass is 16.5. The molecule has 118 valence electrons. The van der Waals surface area contributed by atoms with E-state index in [1.165, 1.54) is 12.1 Å². The zero-order valence-electron chi connectivity index (χ0n) is 14.1. The number of benzene rings is 1. The van der Waals surface area contributed by atoms with E-state index in [1.54, 1.807) is 0 Å². The molecule has 0 saturated carbocycles. The minimum absolute atomic E-state index is 0.212. The van der Waals surface area contributed by atoms with Gasteiger partial charge in [0, 0.05) is 30.9 Å². The van der Waals surface area contributed by atoms with E-state index in [0.717, 1.165) is 31.3 Å². The lowest BCUT2D eigenvalue weighted by Crippen LogP contribution is -2.39. The van der Waals surface area contributed by atoms with Crippen LogP contribution in [0.15, 0.2) is 24.3 Å². The van der Waals surface area contributed by atoms with Gasteiger partial charge < -0.3 is 15.0 Å². The van der Waals surface area contributed by atoms with Crippen LogP contribution in [0.3, 0.4) is 0 Å². The van der Waals surface area contributed by atoms with Crippen LogP contribution in [-0.2, 0) is 0 Å². The van der Waals surface area contributed by atoms with Gasteiger partial charge in [-0.25, -0.2) is 0 Å². The number of anilines is 1. The van der Waals surface area contributed by atoms with E-state index in [0.29, 0.717) is 0 Å². The standard InChI is InChI=1S/C18H30N2O/c1-14(2)21-17-8-6-16(7-9-17)20-11-10-15(13-20)12-19-18(3,4)5/h6-9,14-15,19H,10-13H2,1-5H3. The van der Waals surface area contributed by atoms with E-state index >= 15 is 0 Å². The quantitative estimate of drug-likeness (QED) is 0.895. The summed E-state index contributed by atoms with van der Waals surface area (Å²) >= 11 is 0. The smallest absolute Gasteiger partial charge is 0.119 e. The Hall–Kier alpha value is -1.22. The van der Waals surface area contributed by atoms with Gasteiger partial charge in [0.25, 0.3) is 0 Å². The predicted octanol–water partition coefficient (Wildman–Crippen LogP) is 3.69. The van der Waals surface area contributed by atoms with Gasteiger partial charge in [-0.3, -0.25) is 0 Å². The fourth-order valence-corrected chi connectivity index (χ4v) is 2.69. The Labute approximate surface area is 129 Å². The summed E-state index contributed by atoms with van der Waals surface area (Å²) in [5.41, 5.74) is 1.52. The Morgan fingerprint density at radius 2 is 1.90 bits per heavy atom. The molecule has 1 aromatic rings. The molecular weight excluding hydrogens is 260 g/mol. The minimum atomic E-state index is 0.212. The Bertz CT molecular complexity index is 434. The van der Waals surface area contributed by atoms with Crippen LogP contribution in [0.25, 0.3) is 0 Å². The van der Waals surface area contributed by atoms with Gasteiger partial charge in [-0.1, -0.05) is 0 Å². The number of hydrogen-bond acceptors (Lipinski definition) is 3. The van der Waals surface area contributed by atoms with Crippen molar-refractivity contribution in [2.24, 2.45) is 5.92 Å². The lowest BCUT2D eigenvalue weighted by molar-refractivity contribution is 0.242. The summed E-state index contributed by atoms with van der Waals surface area (Å²) in [6.45, 7) is 14.2. The first kappa shape index (κ1) is 16.2. The fourth-order valence-electron chi connectivity index (χ4n) is 2.69. The first-order valence-corrected chi connectivity index (χ1v) is 8.10. The number of hydrogen-bond donors (Lipinski definition) is 1. The van der Waals surface area contributed by atoms with Crippen molar-refractivity contribution in [3.63, 3.8) is 0 Å². The molecular formula is C18H30N2O. The van der Waals surface area contributed by atoms with Crippen LogP contribution in [-0.4, -0.2) is 31.3 Å². The minimum Gasteiger partial charge on any atom is -0.491 e. The summed E-state index contributed by atoms with van der Waals surface area (Å²) in [7, 11) is 0. The average molecular weight is 290 g/mol. The highest BCUT2D eigenvalue weighted by Gasteiger charge is 2.23. The second-order valence-electron chi connectivity index (χ2n) is 7.39. The number of nitrogens with zero attached hydrogens (tertiary/aromatic N) is 1. The van der Waals surface area contributed by atoms with Crippen LogP contribution >= 0.6 is 0 Å². The zero-order valence-corrected chi connectivity index (χ0v) is 14.1.